The van der Waals surface area contributed by atoms with E-state index in [0.717, 1.165) is 6.42 Å². The average Bonchev–Trinajstić information content (AvgIpc) is 2.03. The summed E-state index contributed by atoms with van der Waals surface area (Å²) in [7, 11) is 0. The summed E-state index contributed by atoms with van der Waals surface area (Å²) in [5, 5.41) is 0. The highest BCUT2D eigenvalue weighted by molar-refractivity contribution is 9.10. The largest absolute Gasteiger partial charge is 0.0612 e. The molecule has 0 saturated carbocycles. The quantitative estimate of drug-likeness (QED) is 0.716. The second-order valence-electron chi connectivity index (χ2n) is 3.06. The van der Waals surface area contributed by atoms with Gasteiger partial charge in [-0.05, 0) is 36.5 Å². The minimum absolute atomic E-state index is 0.373. The van der Waals surface area contributed by atoms with Gasteiger partial charge in [-0.15, -0.1) is 0 Å². The second kappa shape index (κ2) is 4.08. The van der Waals surface area contributed by atoms with Gasteiger partial charge in [0, 0.05) is 4.47 Å². The average molecular weight is 226 g/mol. The molecule has 1 aromatic carbocycles. The SMILES string of the molecule is [CH2]C(C)c1cccc(Br)c1CC. The first-order chi connectivity index (χ1) is 5.66. The lowest BCUT2D eigenvalue weighted by atomic mass is 9.96. The van der Waals surface area contributed by atoms with Gasteiger partial charge in [-0.2, -0.15) is 0 Å². The number of halogens is 1. The van der Waals surface area contributed by atoms with Crippen LogP contribution in [0.25, 0.3) is 0 Å². The van der Waals surface area contributed by atoms with Crippen LogP contribution in [-0.2, 0) is 6.42 Å². The van der Waals surface area contributed by atoms with Crippen LogP contribution in [0.1, 0.15) is 30.9 Å². The van der Waals surface area contributed by atoms with Crippen LogP contribution in [-0.4, -0.2) is 0 Å². The van der Waals surface area contributed by atoms with Gasteiger partial charge in [-0.25, -0.2) is 0 Å². The third-order valence-electron chi connectivity index (χ3n) is 2.04. The minimum Gasteiger partial charge on any atom is -0.0612 e. The van der Waals surface area contributed by atoms with Crippen molar-refractivity contribution in [2.75, 3.05) is 0 Å². The lowest BCUT2D eigenvalue weighted by Crippen LogP contribution is -1.95. The highest BCUT2D eigenvalue weighted by atomic mass is 79.9. The molecule has 1 radical (unpaired) electrons. The highest BCUT2D eigenvalue weighted by Crippen LogP contribution is 2.26. The Morgan fingerprint density at radius 2 is 2.17 bits per heavy atom. The zero-order chi connectivity index (χ0) is 9.14. The van der Waals surface area contributed by atoms with Crippen LogP contribution < -0.4 is 0 Å². The molecule has 0 aromatic heterocycles. The van der Waals surface area contributed by atoms with Crippen molar-refractivity contribution in [3.63, 3.8) is 0 Å². The standard InChI is InChI=1S/C11H14Br/c1-4-9-10(8(2)3)6-5-7-11(9)12/h5-8H,2,4H2,1,3H3. The van der Waals surface area contributed by atoms with Gasteiger partial charge in [0.25, 0.3) is 0 Å². The molecule has 0 bridgehead atoms. The Bertz CT molecular complexity index is 264. The molecule has 0 N–H and O–H groups in total. The lowest BCUT2D eigenvalue weighted by molar-refractivity contribution is 0.922. The molecule has 1 unspecified atom stereocenters. The Morgan fingerprint density at radius 3 is 2.58 bits per heavy atom. The van der Waals surface area contributed by atoms with E-state index in [1.54, 1.807) is 0 Å². The van der Waals surface area contributed by atoms with Gasteiger partial charge >= 0.3 is 0 Å². The van der Waals surface area contributed by atoms with E-state index >= 15 is 0 Å². The molecule has 0 nitrogen and oxygen atoms in total. The van der Waals surface area contributed by atoms with Crippen molar-refractivity contribution < 1.29 is 0 Å². The smallest absolute Gasteiger partial charge is 0.0210 e. The molecular weight excluding hydrogens is 212 g/mol. The van der Waals surface area contributed by atoms with Gasteiger partial charge in [0.05, 0.1) is 0 Å². The first kappa shape index (κ1) is 9.79. The predicted molar refractivity (Wildman–Crippen MR) is 57.3 cm³/mol. The first-order valence-corrected chi connectivity index (χ1v) is 5.06. The fourth-order valence-corrected chi connectivity index (χ4v) is 2.07. The first-order valence-electron chi connectivity index (χ1n) is 4.27. The van der Waals surface area contributed by atoms with Crippen LogP contribution in [0.2, 0.25) is 0 Å². The summed E-state index contributed by atoms with van der Waals surface area (Å²) >= 11 is 3.55. The van der Waals surface area contributed by atoms with E-state index in [4.69, 9.17) is 0 Å². The molecule has 0 aliphatic rings. The monoisotopic (exact) mass is 225 g/mol. The van der Waals surface area contributed by atoms with Crippen LogP contribution in [0.3, 0.4) is 0 Å². The topological polar surface area (TPSA) is 0 Å². The molecule has 12 heavy (non-hydrogen) atoms. The van der Waals surface area contributed by atoms with Gasteiger partial charge in [-0.3, -0.25) is 0 Å². The van der Waals surface area contributed by atoms with Crippen molar-refractivity contribution in [2.45, 2.75) is 26.2 Å². The maximum atomic E-state index is 4.04. The van der Waals surface area contributed by atoms with Crippen molar-refractivity contribution in [3.05, 3.63) is 40.7 Å². The molecular formula is C11H14Br. The molecule has 0 fully saturated rings. The molecule has 0 aliphatic carbocycles. The van der Waals surface area contributed by atoms with E-state index in [1.165, 1.54) is 15.6 Å². The van der Waals surface area contributed by atoms with Crippen molar-refractivity contribution in [1.29, 1.82) is 0 Å². The Labute approximate surface area is 83.1 Å². The summed E-state index contributed by atoms with van der Waals surface area (Å²) in [6, 6.07) is 6.31. The van der Waals surface area contributed by atoms with Gasteiger partial charge < -0.3 is 0 Å². The van der Waals surface area contributed by atoms with Gasteiger partial charge in [0.2, 0.25) is 0 Å². The maximum absolute atomic E-state index is 4.04. The van der Waals surface area contributed by atoms with Crippen molar-refractivity contribution in [1.82, 2.24) is 0 Å². The van der Waals surface area contributed by atoms with Crippen LogP contribution in [0.4, 0.5) is 0 Å². The molecule has 0 aliphatic heterocycles. The van der Waals surface area contributed by atoms with Gasteiger partial charge in [0.1, 0.15) is 0 Å². The van der Waals surface area contributed by atoms with E-state index in [9.17, 15) is 0 Å². The minimum atomic E-state index is 0.373. The summed E-state index contributed by atoms with van der Waals surface area (Å²) in [6.07, 6.45) is 1.07. The number of benzene rings is 1. The fraction of sp³-hybridized carbons (Fsp3) is 0.364. The lowest BCUT2D eigenvalue weighted by Gasteiger charge is -2.12. The van der Waals surface area contributed by atoms with E-state index in [2.05, 4.69) is 54.9 Å². The third kappa shape index (κ3) is 1.89. The summed E-state index contributed by atoms with van der Waals surface area (Å²) in [6.45, 7) is 8.34. The van der Waals surface area contributed by atoms with Crippen LogP contribution in [0.15, 0.2) is 22.7 Å². The zero-order valence-electron chi connectivity index (χ0n) is 7.60. The number of hydrogen-bond acceptors (Lipinski definition) is 0. The van der Waals surface area contributed by atoms with Crippen LogP contribution >= 0.6 is 15.9 Å². The van der Waals surface area contributed by atoms with Crippen molar-refractivity contribution in [3.8, 4) is 0 Å². The maximum Gasteiger partial charge on any atom is 0.0210 e. The van der Waals surface area contributed by atoms with Crippen LogP contribution in [0.5, 0.6) is 0 Å². The highest BCUT2D eigenvalue weighted by Gasteiger charge is 2.06. The molecule has 1 rings (SSSR count). The van der Waals surface area contributed by atoms with Crippen molar-refractivity contribution in [2.24, 2.45) is 0 Å². The molecule has 65 valence electrons. The second-order valence-corrected chi connectivity index (χ2v) is 3.92. The molecule has 1 aromatic rings. The molecule has 0 saturated heterocycles. The summed E-state index contributed by atoms with van der Waals surface area (Å²) in [5.74, 6) is 0.373. The van der Waals surface area contributed by atoms with E-state index < -0.39 is 0 Å². The van der Waals surface area contributed by atoms with Gasteiger partial charge in [-0.1, -0.05) is 41.9 Å². The molecule has 1 heteroatoms. The van der Waals surface area contributed by atoms with Crippen LogP contribution in [0, 0.1) is 6.92 Å². The van der Waals surface area contributed by atoms with E-state index in [1.807, 2.05) is 0 Å². The Kier molecular flexibility index (Phi) is 3.33. The summed E-state index contributed by atoms with van der Waals surface area (Å²) < 4.78 is 1.21. The van der Waals surface area contributed by atoms with E-state index in [0.29, 0.717) is 5.92 Å². The van der Waals surface area contributed by atoms with E-state index in [-0.39, 0.29) is 0 Å². The Morgan fingerprint density at radius 1 is 1.50 bits per heavy atom. The molecule has 0 spiro atoms. The molecule has 1 atom stereocenters. The number of hydrogen-bond donors (Lipinski definition) is 0. The summed E-state index contributed by atoms with van der Waals surface area (Å²) in [5.41, 5.74) is 2.74. The fourth-order valence-electron chi connectivity index (χ4n) is 1.41. The molecule has 0 heterocycles. The van der Waals surface area contributed by atoms with Crippen molar-refractivity contribution >= 4 is 15.9 Å². The van der Waals surface area contributed by atoms with Gasteiger partial charge in [0.15, 0.2) is 0 Å². The zero-order valence-corrected chi connectivity index (χ0v) is 9.19. The summed E-state index contributed by atoms with van der Waals surface area (Å²) in [4.78, 5) is 0. The molecule has 0 amide bonds. The third-order valence-corrected chi connectivity index (χ3v) is 2.78. The normalized spacial score (nSPS) is 10.8. The predicted octanol–water partition coefficient (Wildman–Crippen LogP) is 3.95. The Balaban J connectivity index is 3.18. The number of rotatable bonds is 2. The Hall–Kier alpha value is -0.300.